The minimum Gasteiger partial charge on any atom is -0.462 e. The third-order valence-electron chi connectivity index (χ3n) is 10.0. The number of hydrogen-bond donors (Lipinski definition) is 1. The second-order valence-electron chi connectivity index (χ2n) is 12.6. The summed E-state index contributed by atoms with van der Waals surface area (Å²) in [5, 5.41) is 15.6. The Bertz CT molecular complexity index is 1870. The second kappa shape index (κ2) is 11.6. The quantitative estimate of drug-likeness (QED) is 0.169. The van der Waals surface area contributed by atoms with E-state index >= 15 is 4.39 Å². The molecule has 3 aliphatic heterocycles. The zero-order chi connectivity index (χ0) is 33.4. The number of nitro benzene ring substituents is 1. The van der Waals surface area contributed by atoms with Crippen molar-refractivity contribution in [2.24, 2.45) is 11.8 Å². The molecule has 0 bridgehead atoms. The summed E-state index contributed by atoms with van der Waals surface area (Å²) in [6, 6.07) is 11.7. The molecule has 3 aromatic carbocycles. The van der Waals surface area contributed by atoms with Crippen LogP contribution in [0.1, 0.15) is 59.2 Å². The maximum absolute atomic E-state index is 16.2. The monoisotopic (exact) mass is 680 g/mol. The Balaban J connectivity index is 1.43. The van der Waals surface area contributed by atoms with Crippen LogP contribution in [0.5, 0.6) is 0 Å². The van der Waals surface area contributed by atoms with E-state index in [1.807, 2.05) is 0 Å². The number of nitrogens with zero attached hydrogens (tertiary/aromatic N) is 3. The van der Waals surface area contributed by atoms with E-state index in [1.54, 1.807) is 44.2 Å². The fourth-order valence-corrected chi connectivity index (χ4v) is 8.30. The van der Waals surface area contributed by atoms with Crippen LogP contribution < -0.4 is 10.2 Å². The highest BCUT2D eigenvalue weighted by atomic mass is 35.5. The highest BCUT2D eigenvalue weighted by Crippen LogP contribution is 2.62. The molecule has 2 amide bonds. The molecule has 7 rings (SSSR count). The van der Waals surface area contributed by atoms with Gasteiger partial charge in [-0.1, -0.05) is 41.4 Å². The molecule has 3 aromatic rings. The molecule has 0 unspecified atom stereocenters. The van der Waals surface area contributed by atoms with E-state index in [9.17, 15) is 24.5 Å². The average molecular weight is 682 g/mol. The van der Waals surface area contributed by atoms with Gasteiger partial charge in [-0.2, -0.15) is 0 Å². The molecule has 1 spiro atoms. The van der Waals surface area contributed by atoms with Crippen molar-refractivity contribution in [3.8, 4) is 0 Å². The van der Waals surface area contributed by atoms with Crippen LogP contribution in [-0.4, -0.2) is 53.3 Å². The topological polar surface area (TPSA) is 122 Å². The first-order valence-corrected chi connectivity index (χ1v) is 16.3. The lowest BCUT2D eigenvalue weighted by Gasteiger charge is -2.40. The lowest BCUT2D eigenvalue weighted by Crippen LogP contribution is -2.54. The lowest BCUT2D eigenvalue weighted by molar-refractivity contribution is -0.384. The van der Waals surface area contributed by atoms with Crippen molar-refractivity contribution < 1.29 is 28.4 Å². The standard InChI is InChI=1S/C34H31Cl2FN4O6/c1-3-47-32(43)21-15-27(41(45)46)26(13-17(21)2)39-12-11-25-28(31(39)42)29(20-5-4-6-23(36)30(20)37)34(40(25)16-18-7-8-18)22-10-9-19(35)14-24(22)38-33(34)44/h4-6,9-10,13-15,18,25,28-29H,3,7-8,11-12,16H2,1-2H3,(H,38,44)/t25-,28+,29-,34+/m0/s1. The Morgan fingerprint density at radius 2 is 1.91 bits per heavy atom. The van der Waals surface area contributed by atoms with Gasteiger partial charge in [-0.25, -0.2) is 9.18 Å². The van der Waals surface area contributed by atoms with Crippen LogP contribution in [0.15, 0.2) is 48.5 Å². The number of ether oxygens (including phenoxy) is 1. The number of carbonyl (C=O) groups excluding carboxylic acids is 3. The van der Waals surface area contributed by atoms with E-state index in [0.29, 0.717) is 40.7 Å². The number of rotatable bonds is 7. The number of benzene rings is 3. The van der Waals surface area contributed by atoms with Crippen LogP contribution >= 0.6 is 23.2 Å². The third-order valence-corrected chi connectivity index (χ3v) is 10.6. The molecule has 0 radical (unpaired) electrons. The number of hydrogen-bond acceptors (Lipinski definition) is 7. The van der Waals surface area contributed by atoms with Crippen LogP contribution in [-0.2, 0) is 19.9 Å². The lowest BCUT2D eigenvalue weighted by atomic mass is 9.70. The van der Waals surface area contributed by atoms with E-state index < -0.39 is 57.6 Å². The summed E-state index contributed by atoms with van der Waals surface area (Å²) in [5.41, 5.74) is -0.283. The smallest absolute Gasteiger partial charge is 0.338 e. The summed E-state index contributed by atoms with van der Waals surface area (Å²) >= 11 is 12.7. The van der Waals surface area contributed by atoms with Gasteiger partial charge in [-0.15, -0.1) is 0 Å². The van der Waals surface area contributed by atoms with Crippen LogP contribution in [0.3, 0.4) is 0 Å². The van der Waals surface area contributed by atoms with Gasteiger partial charge in [0, 0.05) is 47.4 Å². The van der Waals surface area contributed by atoms with Gasteiger partial charge < -0.3 is 15.0 Å². The Morgan fingerprint density at radius 3 is 2.62 bits per heavy atom. The minimum atomic E-state index is -1.48. The molecule has 1 saturated carbocycles. The van der Waals surface area contributed by atoms with E-state index in [1.165, 1.54) is 17.0 Å². The van der Waals surface area contributed by atoms with Gasteiger partial charge in [0.05, 0.1) is 28.0 Å². The number of fused-ring (bicyclic) bond motifs is 3. The summed E-state index contributed by atoms with van der Waals surface area (Å²) in [7, 11) is 0. The SMILES string of the molecule is CCOC(=O)c1cc([N+](=O)[O-])c(N2CC[C@H]3[C@@H](C2=O)[C@H](c2cccc(Cl)c2F)[C@]2(C(=O)Nc4cc(Cl)ccc42)N3CC2CC2)cc1C. The number of amides is 2. The van der Waals surface area contributed by atoms with Crippen molar-refractivity contribution >= 4 is 58.0 Å². The first kappa shape index (κ1) is 31.5. The molecule has 3 fully saturated rings. The van der Waals surface area contributed by atoms with E-state index in [-0.39, 0.29) is 35.0 Å². The first-order valence-electron chi connectivity index (χ1n) is 15.6. The highest BCUT2D eigenvalue weighted by molar-refractivity contribution is 6.31. The summed E-state index contributed by atoms with van der Waals surface area (Å²) < 4.78 is 21.3. The fraction of sp³-hybridized carbons (Fsp3) is 0.382. The number of esters is 1. The largest absolute Gasteiger partial charge is 0.462 e. The predicted octanol–water partition coefficient (Wildman–Crippen LogP) is 6.60. The van der Waals surface area contributed by atoms with Crippen LogP contribution in [0.4, 0.5) is 21.5 Å². The minimum absolute atomic E-state index is 0.0204. The van der Waals surface area contributed by atoms with Gasteiger partial charge >= 0.3 is 5.97 Å². The first-order chi connectivity index (χ1) is 22.5. The third kappa shape index (κ3) is 4.81. The Kier molecular flexibility index (Phi) is 7.76. The molecule has 13 heteroatoms. The molecule has 4 atom stereocenters. The van der Waals surface area contributed by atoms with Crippen LogP contribution in [0.2, 0.25) is 10.0 Å². The van der Waals surface area contributed by atoms with Gasteiger partial charge in [0.25, 0.3) is 5.69 Å². The summed E-state index contributed by atoms with van der Waals surface area (Å²) in [6.45, 7) is 3.96. The normalized spacial score (nSPS) is 25.1. The maximum atomic E-state index is 16.2. The molecule has 2 saturated heterocycles. The molecule has 3 heterocycles. The molecule has 10 nitrogen and oxygen atoms in total. The van der Waals surface area contributed by atoms with Gasteiger partial charge in [0.2, 0.25) is 11.8 Å². The van der Waals surface area contributed by atoms with E-state index in [2.05, 4.69) is 10.2 Å². The van der Waals surface area contributed by atoms with Crippen molar-refractivity contribution in [3.05, 3.63) is 96.8 Å². The van der Waals surface area contributed by atoms with E-state index in [0.717, 1.165) is 18.9 Å². The van der Waals surface area contributed by atoms with Crippen molar-refractivity contribution in [3.63, 3.8) is 0 Å². The average Bonchev–Trinajstić information content (AvgIpc) is 3.74. The van der Waals surface area contributed by atoms with Gasteiger partial charge in [-0.05, 0) is 74.4 Å². The fourth-order valence-electron chi connectivity index (χ4n) is 7.94. The molecule has 1 N–H and O–H groups in total. The van der Waals surface area contributed by atoms with Crippen LogP contribution in [0, 0.1) is 34.7 Å². The highest BCUT2D eigenvalue weighted by Gasteiger charge is 2.70. The van der Waals surface area contributed by atoms with Gasteiger partial charge in [0.15, 0.2) is 0 Å². The maximum Gasteiger partial charge on any atom is 0.338 e. The van der Waals surface area contributed by atoms with E-state index in [4.69, 9.17) is 27.9 Å². The molecule has 47 heavy (non-hydrogen) atoms. The number of nitro groups is 1. The number of likely N-dealkylation sites (tertiary alicyclic amines) is 1. The Labute approximate surface area is 279 Å². The van der Waals surface area contributed by atoms with Gasteiger partial charge in [0.1, 0.15) is 17.0 Å². The number of halogens is 3. The zero-order valence-electron chi connectivity index (χ0n) is 25.6. The van der Waals surface area contributed by atoms with Crippen molar-refractivity contribution in [2.45, 2.75) is 50.6 Å². The van der Waals surface area contributed by atoms with Crippen molar-refractivity contribution in [2.75, 3.05) is 29.9 Å². The van der Waals surface area contributed by atoms with Gasteiger partial charge in [-0.3, -0.25) is 24.6 Å². The van der Waals surface area contributed by atoms with Crippen LogP contribution in [0.25, 0.3) is 0 Å². The predicted molar refractivity (Wildman–Crippen MR) is 173 cm³/mol. The number of anilines is 2. The summed E-state index contributed by atoms with van der Waals surface area (Å²) in [5.74, 6) is -4.04. The molecule has 244 valence electrons. The Morgan fingerprint density at radius 1 is 1.15 bits per heavy atom. The number of carbonyl (C=O) groups is 3. The number of aryl methyl sites for hydroxylation is 1. The Hall–Kier alpha value is -4.06. The number of piperidine rings is 1. The second-order valence-corrected chi connectivity index (χ2v) is 13.5. The number of nitrogens with one attached hydrogen (secondary N) is 1. The molecule has 0 aromatic heterocycles. The summed E-state index contributed by atoms with van der Waals surface area (Å²) in [6.07, 6.45) is 2.29. The molecule has 1 aliphatic carbocycles. The zero-order valence-corrected chi connectivity index (χ0v) is 27.1. The van der Waals surface area contributed by atoms with Crippen molar-refractivity contribution in [1.82, 2.24) is 4.90 Å². The molecular formula is C34H31Cl2FN4O6. The molecular weight excluding hydrogens is 650 g/mol. The molecule has 4 aliphatic rings. The summed E-state index contributed by atoms with van der Waals surface area (Å²) in [4.78, 5) is 57.2. The van der Waals surface area contributed by atoms with Crippen molar-refractivity contribution in [1.29, 1.82) is 0 Å².